The lowest BCUT2D eigenvalue weighted by atomic mass is 10.1. The van der Waals surface area contributed by atoms with Gasteiger partial charge in [0.15, 0.2) is 6.61 Å². The summed E-state index contributed by atoms with van der Waals surface area (Å²) >= 11 is 0. The molecule has 24 heavy (non-hydrogen) atoms. The second-order valence-electron chi connectivity index (χ2n) is 5.02. The van der Waals surface area contributed by atoms with Gasteiger partial charge >= 0.3 is 5.97 Å². The van der Waals surface area contributed by atoms with E-state index in [-0.39, 0.29) is 5.56 Å². The molecule has 0 bridgehead atoms. The van der Waals surface area contributed by atoms with Crippen LogP contribution in [0.5, 0.6) is 5.75 Å². The zero-order chi connectivity index (χ0) is 17.5. The first-order valence-electron chi connectivity index (χ1n) is 7.15. The highest BCUT2D eigenvalue weighted by atomic mass is 16.5. The highest BCUT2D eigenvalue weighted by Crippen LogP contribution is 2.25. The summed E-state index contributed by atoms with van der Waals surface area (Å²) < 4.78 is 10.1. The normalized spacial score (nSPS) is 9.71. The van der Waals surface area contributed by atoms with Gasteiger partial charge in [-0.2, -0.15) is 5.26 Å². The van der Waals surface area contributed by atoms with Gasteiger partial charge in [-0.05, 0) is 42.8 Å². The minimum absolute atomic E-state index is 0.218. The maximum absolute atomic E-state index is 12.0. The van der Waals surface area contributed by atoms with Crippen molar-refractivity contribution in [3.8, 4) is 11.8 Å². The molecule has 0 unspecified atom stereocenters. The number of rotatable bonds is 5. The van der Waals surface area contributed by atoms with E-state index in [0.717, 1.165) is 5.56 Å². The minimum atomic E-state index is -0.668. The molecule has 2 aromatic carbocycles. The van der Waals surface area contributed by atoms with E-state index in [9.17, 15) is 9.59 Å². The largest absolute Gasteiger partial charge is 0.495 e. The zero-order valence-corrected chi connectivity index (χ0v) is 13.3. The third-order valence-electron chi connectivity index (χ3n) is 3.19. The standard InChI is InChI=1S/C18H16N2O4/c1-12-6-7-16(23-2)15(8-12)20-17(21)11-24-18(22)14-5-3-4-13(9-14)10-19/h3-9H,11H2,1-2H3,(H,20,21). The van der Waals surface area contributed by atoms with Crippen LogP contribution in [0.4, 0.5) is 5.69 Å². The molecule has 0 saturated carbocycles. The number of nitrogens with zero attached hydrogens (tertiary/aromatic N) is 1. The van der Waals surface area contributed by atoms with E-state index in [1.54, 1.807) is 24.3 Å². The predicted octanol–water partition coefficient (Wildman–Crippen LogP) is 2.67. The molecule has 0 fully saturated rings. The molecule has 0 aliphatic heterocycles. The Balaban J connectivity index is 1.97. The van der Waals surface area contributed by atoms with Crippen LogP contribution < -0.4 is 10.1 Å². The maximum Gasteiger partial charge on any atom is 0.338 e. The van der Waals surface area contributed by atoms with Crippen LogP contribution in [0.15, 0.2) is 42.5 Å². The van der Waals surface area contributed by atoms with Gasteiger partial charge in [-0.1, -0.05) is 12.1 Å². The lowest BCUT2D eigenvalue weighted by Crippen LogP contribution is -2.21. The summed E-state index contributed by atoms with van der Waals surface area (Å²) in [5.74, 6) is -0.635. The van der Waals surface area contributed by atoms with E-state index in [4.69, 9.17) is 14.7 Å². The van der Waals surface area contributed by atoms with Gasteiger partial charge in [0.05, 0.1) is 30.0 Å². The van der Waals surface area contributed by atoms with E-state index in [1.165, 1.54) is 19.2 Å². The van der Waals surface area contributed by atoms with Crippen LogP contribution in [-0.4, -0.2) is 25.6 Å². The number of esters is 1. The van der Waals surface area contributed by atoms with Gasteiger partial charge in [0.25, 0.3) is 5.91 Å². The Kier molecular flexibility index (Phi) is 5.53. The maximum atomic E-state index is 12.0. The molecule has 0 aromatic heterocycles. The van der Waals surface area contributed by atoms with E-state index < -0.39 is 18.5 Å². The van der Waals surface area contributed by atoms with E-state index in [0.29, 0.717) is 17.0 Å². The number of nitrogens with one attached hydrogen (secondary N) is 1. The number of aryl methyl sites for hydroxylation is 1. The van der Waals surface area contributed by atoms with Gasteiger partial charge in [-0.3, -0.25) is 4.79 Å². The smallest absolute Gasteiger partial charge is 0.338 e. The first-order valence-corrected chi connectivity index (χ1v) is 7.15. The van der Waals surface area contributed by atoms with Crippen molar-refractivity contribution in [3.05, 3.63) is 59.2 Å². The molecule has 1 N–H and O–H groups in total. The van der Waals surface area contributed by atoms with Crippen molar-refractivity contribution in [2.45, 2.75) is 6.92 Å². The number of nitriles is 1. The van der Waals surface area contributed by atoms with Crippen LogP contribution in [0.25, 0.3) is 0 Å². The number of benzene rings is 2. The highest BCUT2D eigenvalue weighted by molar-refractivity contribution is 5.96. The molecule has 0 saturated heterocycles. The number of carbonyl (C=O) groups excluding carboxylic acids is 2. The second-order valence-corrected chi connectivity index (χ2v) is 5.02. The summed E-state index contributed by atoms with van der Waals surface area (Å²) in [5, 5.41) is 11.5. The fourth-order valence-corrected chi connectivity index (χ4v) is 2.04. The molecule has 6 nitrogen and oxygen atoms in total. The Hall–Kier alpha value is -3.33. The van der Waals surface area contributed by atoms with Gasteiger partial charge in [0, 0.05) is 0 Å². The molecule has 0 aliphatic rings. The Bertz CT molecular complexity index is 809. The molecular formula is C18H16N2O4. The van der Waals surface area contributed by atoms with Crippen LogP contribution >= 0.6 is 0 Å². The van der Waals surface area contributed by atoms with Gasteiger partial charge < -0.3 is 14.8 Å². The summed E-state index contributed by atoms with van der Waals surface area (Å²) in [7, 11) is 1.50. The third-order valence-corrected chi connectivity index (χ3v) is 3.19. The summed E-state index contributed by atoms with van der Waals surface area (Å²) in [6, 6.07) is 13.4. The Morgan fingerprint density at radius 2 is 2.00 bits per heavy atom. The van der Waals surface area contributed by atoms with E-state index in [2.05, 4.69) is 5.32 Å². The predicted molar refractivity (Wildman–Crippen MR) is 87.8 cm³/mol. The Morgan fingerprint density at radius 3 is 2.71 bits per heavy atom. The first-order chi connectivity index (χ1) is 11.5. The summed E-state index contributed by atoms with van der Waals surface area (Å²) in [5.41, 5.74) is 2.02. The number of amides is 1. The average molecular weight is 324 g/mol. The molecular weight excluding hydrogens is 308 g/mol. The third kappa shape index (κ3) is 4.34. The van der Waals surface area contributed by atoms with Crippen molar-refractivity contribution in [1.82, 2.24) is 0 Å². The number of hydrogen-bond donors (Lipinski definition) is 1. The molecule has 1 amide bonds. The first kappa shape index (κ1) is 17.0. The van der Waals surface area contributed by atoms with Crippen LogP contribution in [0.1, 0.15) is 21.5 Å². The Morgan fingerprint density at radius 1 is 1.21 bits per heavy atom. The number of ether oxygens (including phenoxy) is 2. The fraction of sp³-hybridized carbons (Fsp3) is 0.167. The molecule has 2 aromatic rings. The number of carbonyl (C=O) groups is 2. The van der Waals surface area contributed by atoms with Crippen molar-refractivity contribution < 1.29 is 19.1 Å². The van der Waals surface area contributed by atoms with Gasteiger partial charge in [0.1, 0.15) is 5.75 Å². The second kappa shape index (κ2) is 7.79. The van der Waals surface area contributed by atoms with Crippen LogP contribution in [0.2, 0.25) is 0 Å². The topological polar surface area (TPSA) is 88.4 Å². The number of methoxy groups -OCH3 is 1. The van der Waals surface area contributed by atoms with Gasteiger partial charge in [-0.25, -0.2) is 4.79 Å². The molecule has 6 heteroatoms. The minimum Gasteiger partial charge on any atom is -0.495 e. The van der Waals surface area contributed by atoms with Crippen LogP contribution in [0.3, 0.4) is 0 Å². The monoisotopic (exact) mass is 324 g/mol. The molecule has 0 atom stereocenters. The molecule has 0 heterocycles. The zero-order valence-electron chi connectivity index (χ0n) is 13.3. The lowest BCUT2D eigenvalue weighted by Gasteiger charge is -2.11. The van der Waals surface area contributed by atoms with Crippen molar-refractivity contribution in [2.75, 3.05) is 19.0 Å². The molecule has 0 spiro atoms. The molecule has 2 rings (SSSR count). The van der Waals surface area contributed by atoms with Gasteiger partial charge in [0.2, 0.25) is 0 Å². The van der Waals surface area contributed by atoms with E-state index in [1.807, 2.05) is 19.1 Å². The van der Waals surface area contributed by atoms with E-state index >= 15 is 0 Å². The molecule has 0 radical (unpaired) electrons. The summed E-state index contributed by atoms with van der Waals surface area (Å²) in [6.45, 7) is 1.45. The summed E-state index contributed by atoms with van der Waals surface area (Å²) in [4.78, 5) is 23.9. The average Bonchev–Trinajstić information content (AvgIpc) is 2.60. The van der Waals surface area contributed by atoms with Crippen LogP contribution in [-0.2, 0) is 9.53 Å². The van der Waals surface area contributed by atoms with Gasteiger partial charge in [-0.15, -0.1) is 0 Å². The fourth-order valence-electron chi connectivity index (χ4n) is 2.04. The number of anilines is 1. The lowest BCUT2D eigenvalue weighted by molar-refractivity contribution is -0.119. The van der Waals surface area contributed by atoms with Crippen molar-refractivity contribution in [2.24, 2.45) is 0 Å². The quantitative estimate of drug-likeness (QED) is 0.854. The molecule has 122 valence electrons. The Labute approximate surface area is 139 Å². The SMILES string of the molecule is COc1ccc(C)cc1NC(=O)COC(=O)c1cccc(C#N)c1. The van der Waals surface area contributed by atoms with Crippen molar-refractivity contribution in [3.63, 3.8) is 0 Å². The summed E-state index contributed by atoms with van der Waals surface area (Å²) in [6.07, 6.45) is 0. The molecule has 0 aliphatic carbocycles. The van der Waals surface area contributed by atoms with Crippen molar-refractivity contribution in [1.29, 1.82) is 5.26 Å². The van der Waals surface area contributed by atoms with Crippen LogP contribution in [0, 0.1) is 18.3 Å². The van der Waals surface area contributed by atoms with Crippen molar-refractivity contribution >= 4 is 17.6 Å². The highest BCUT2D eigenvalue weighted by Gasteiger charge is 2.12. The number of hydrogen-bond acceptors (Lipinski definition) is 5.